The molecular formula is C10H14Cl2N2O. The maximum absolute atomic E-state index is 6.02. The van der Waals surface area contributed by atoms with Crippen LogP contribution in [0.25, 0.3) is 0 Å². The number of ether oxygens (including phenoxy) is 1. The third-order valence-corrected chi connectivity index (χ3v) is 2.61. The zero-order chi connectivity index (χ0) is 11.3. The second-order valence-electron chi connectivity index (χ2n) is 3.19. The number of nitrogens with zero attached hydrogens (tertiary/aromatic N) is 2. The van der Waals surface area contributed by atoms with Crippen LogP contribution in [0.4, 0.5) is 0 Å². The monoisotopic (exact) mass is 248 g/mol. The van der Waals surface area contributed by atoms with Crippen molar-refractivity contribution < 1.29 is 4.74 Å². The number of aromatic nitrogens is 2. The van der Waals surface area contributed by atoms with Gasteiger partial charge in [0, 0.05) is 19.1 Å². The molecule has 0 radical (unpaired) electrons. The topological polar surface area (TPSA) is 35.0 Å². The molecule has 0 aliphatic carbocycles. The Kier molecular flexibility index (Phi) is 5.29. The molecule has 0 bridgehead atoms. The molecule has 0 spiro atoms. The SMILES string of the molecule is CCCc1c(Cl)nc(CCOC)nc1Cl. The Balaban J connectivity index is 2.87. The van der Waals surface area contributed by atoms with E-state index in [1.54, 1.807) is 7.11 Å². The fraction of sp³-hybridized carbons (Fsp3) is 0.600. The molecule has 15 heavy (non-hydrogen) atoms. The highest BCUT2D eigenvalue weighted by atomic mass is 35.5. The van der Waals surface area contributed by atoms with Crippen LogP contribution in [-0.4, -0.2) is 23.7 Å². The number of halogens is 2. The van der Waals surface area contributed by atoms with Gasteiger partial charge in [-0.15, -0.1) is 0 Å². The molecule has 0 aliphatic rings. The molecule has 1 rings (SSSR count). The first kappa shape index (κ1) is 12.7. The van der Waals surface area contributed by atoms with E-state index in [1.807, 2.05) is 0 Å². The maximum Gasteiger partial charge on any atom is 0.137 e. The van der Waals surface area contributed by atoms with E-state index in [0.29, 0.717) is 29.2 Å². The molecule has 5 heteroatoms. The summed E-state index contributed by atoms with van der Waals surface area (Å²) in [6, 6.07) is 0. The lowest BCUT2D eigenvalue weighted by Crippen LogP contribution is -2.04. The largest absolute Gasteiger partial charge is 0.384 e. The molecule has 84 valence electrons. The second kappa shape index (κ2) is 6.26. The third kappa shape index (κ3) is 3.59. The highest BCUT2D eigenvalue weighted by molar-refractivity contribution is 6.34. The van der Waals surface area contributed by atoms with E-state index in [0.717, 1.165) is 18.4 Å². The Morgan fingerprint density at radius 1 is 1.13 bits per heavy atom. The Labute approximate surface area is 99.8 Å². The van der Waals surface area contributed by atoms with Crippen LogP contribution in [0.5, 0.6) is 0 Å². The van der Waals surface area contributed by atoms with E-state index in [2.05, 4.69) is 16.9 Å². The van der Waals surface area contributed by atoms with Gasteiger partial charge < -0.3 is 4.74 Å². The zero-order valence-corrected chi connectivity index (χ0v) is 10.4. The van der Waals surface area contributed by atoms with Crippen LogP contribution >= 0.6 is 23.2 Å². The minimum absolute atomic E-state index is 0.461. The van der Waals surface area contributed by atoms with Gasteiger partial charge in [0.25, 0.3) is 0 Å². The lowest BCUT2D eigenvalue weighted by atomic mass is 10.2. The number of hydrogen-bond acceptors (Lipinski definition) is 3. The van der Waals surface area contributed by atoms with E-state index >= 15 is 0 Å². The van der Waals surface area contributed by atoms with E-state index < -0.39 is 0 Å². The van der Waals surface area contributed by atoms with E-state index in [-0.39, 0.29) is 0 Å². The fourth-order valence-corrected chi connectivity index (χ4v) is 1.84. The highest BCUT2D eigenvalue weighted by Crippen LogP contribution is 2.22. The molecule has 0 amide bonds. The van der Waals surface area contributed by atoms with Gasteiger partial charge in [0.2, 0.25) is 0 Å². The first-order valence-corrected chi connectivity index (χ1v) is 5.64. The summed E-state index contributed by atoms with van der Waals surface area (Å²) >= 11 is 12.0. The van der Waals surface area contributed by atoms with Gasteiger partial charge in [-0.3, -0.25) is 0 Å². The van der Waals surface area contributed by atoms with Gasteiger partial charge in [-0.1, -0.05) is 36.5 Å². The van der Waals surface area contributed by atoms with E-state index in [1.165, 1.54) is 0 Å². The normalized spacial score (nSPS) is 10.7. The van der Waals surface area contributed by atoms with Crippen molar-refractivity contribution in [3.05, 3.63) is 21.7 Å². The Morgan fingerprint density at radius 3 is 2.20 bits per heavy atom. The first-order chi connectivity index (χ1) is 7.19. The van der Waals surface area contributed by atoms with Gasteiger partial charge in [-0.25, -0.2) is 9.97 Å². The van der Waals surface area contributed by atoms with Crippen molar-refractivity contribution >= 4 is 23.2 Å². The van der Waals surface area contributed by atoms with Gasteiger partial charge >= 0.3 is 0 Å². The molecule has 1 heterocycles. The summed E-state index contributed by atoms with van der Waals surface area (Å²) in [5.74, 6) is 0.631. The molecule has 3 nitrogen and oxygen atoms in total. The summed E-state index contributed by atoms with van der Waals surface area (Å²) < 4.78 is 4.94. The summed E-state index contributed by atoms with van der Waals surface area (Å²) in [4.78, 5) is 8.36. The lowest BCUT2D eigenvalue weighted by Gasteiger charge is -2.06. The maximum atomic E-state index is 6.02. The van der Waals surface area contributed by atoms with Crippen LogP contribution in [0.2, 0.25) is 10.3 Å². The van der Waals surface area contributed by atoms with Gasteiger partial charge in [0.1, 0.15) is 16.1 Å². The van der Waals surface area contributed by atoms with Crippen molar-refractivity contribution in [2.75, 3.05) is 13.7 Å². The standard InChI is InChI=1S/C10H14Cl2N2O/c1-3-4-7-9(11)13-8(5-6-15-2)14-10(7)12/h3-6H2,1-2H3. The smallest absolute Gasteiger partial charge is 0.137 e. The minimum atomic E-state index is 0.461. The molecule has 0 fully saturated rings. The van der Waals surface area contributed by atoms with Crippen molar-refractivity contribution in [3.8, 4) is 0 Å². The number of hydrogen-bond donors (Lipinski definition) is 0. The summed E-state index contributed by atoms with van der Waals surface area (Å²) in [6.07, 6.45) is 2.41. The van der Waals surface area contributed by atoms with Crippen LogP contribution in [-0.2, 0) is 17.6 Å². The van der Waals surface area contributed by atoms with Crippen molar-refractivity contribution in [2.24, 2.45) is 0 Å². The molecule has 0 N–H and O–H groups in total. The average molecular weight is 249 g/mol. The molecular weight excluding hydrogens is 235 g/mol. The lowest BCUT2D eigenvalue weighted by molar-refractivity contribution is 0.200. The van der Waals surface area contributed by atoms with Crippen LogP contribution in [0.3, 0.4) is 0 Å². The summed E-state index contributed by atoms with van der Waals surface area (Å²) in [6.45, 7) is 2.63. The van der Waals surface area contributed by atoms with Gasteiger partial charge in [0.15, 0.2) is 0 Å². The molecule has 1 aromatic rings. The quantitative estimate of drug-likeness (QED) is 0.752. The molecule has 0 aliphatic heterocycles. The summed E-state index contributed by atoms with van der Waals surface area (Å²) in [7, 11) is 1.63. The van der Waals surface area contributed by atoms with Crippen LogP contribution in [0.15, 0.2) is 0 Å². The highest BCUT2D eigenvalue weighted by Gasteiger charge is 2.10. The zero-order valence-electron chi connectivity index (χ0n) is 8.89. The van der Waals surface area contributed by atoms with Gasteiger partial charge in [-0.05, 0) is 6.42 Å². The van der Waals surface area contributed by atoms with Gasteiger partial charge in [0.05, 0.1) is 6.61 Å². The first-order valence-electron chi connectivity index (χ1n) is 4.88. The molecule has 0 atom stereocenters. The number of methoxy groups -OCH3 is 1. The summed E-state index contributed by atoms with van der Waals surface area (Å²) in [5.41, 5.74) is 0.835. The predicted molar refractivity (Wildman–Crippen MR) is 61.6 cm³/mol. The van der Waals surface area contributed by atoms with Crippen LogP contribution in [0.1, 0.15) is 24.7 Å². The van der Waals surface area contributed by atoms with Crippen molar-refractivity contribution in [1.82, 2.24) is 9.97 Å². The van der Waals surface area contributed by atoms with E-state index in [9.17, 15) is 0 Å². The third-order valence-electron chi connectivity index (χ3n) is 1.98. The van der Waals surface area contributed by atoms with Crippen molar-refractivity contribution in [2.45, 2.75) is 26.2 Å². The Bertz CT molecular complexity index is 308. The Morgan fingerprint density at radius 2 is 1.73 bits per heavy atom. The van der Waals surface area contributed by atoms with Crippen molar-refractivity contribution in [3.63, 3.8) is 0 Å². The van der Waals surface area contributed by atoms with E-state index in [4.69, 9.17) is 27.9 Å². The molecule has 1 aromatic heterocycles. The minimum Gasteiger partial charge on any atom is -0.384 e. The average Bonchev–Trinajstić information content (AvgIpc) is 2.20. The van der Waals surface area contributed by atoms with Crippen LogP contribution < -0.4 is 0 Å². The summed E-state index contributed by atoms with van der Waals surface area (Å²) in [5, 5.41) is 0.922. The molecule has 0 saturated carbocycles. The molecule has 0 saturated heterocycles. The van der Waals surface area contributed by atoms with Crippen molar-refractivity contribution in [1.29, 1.82) is 0 Å². The van der Waals surface area contributed by atoms with Gasteiger partial charge in [-0.2, -0.15) is 0 Å². The number of rotatable bonds is 5. The van der Waals surface area contributed by atoms with Crippen LogP contribution in [0, 0.1) is 0 Å². The predicted octanol–water partition coefficient (Wildman–Crippen LogP) is 2.92. The molecule has 0 unspecified atom stereocenters. The second-order valence-corrected chi connectivity index (χ2v) is 3.91. The fourth-order valence-electron chi connectivity index (χ4n) is 1.23. The Hall–Kier alpha value is -0.380. The molecule has 0 aromatic carbocycles.